The smallest absolute Gasteiger partial charge is 0.336 e. The van der Waals surface area contributed by atoms with E-state index in [2.05, 4.69) is 15.6 Å². The van der Waals surface area contributed by atoms with Crippen LogP contribution in [0.15, 0.2) is 29.3 Å². The second-order valence-corrected chi connectivity index (χ2v) is 3.78. The van der Waals surface area contributed by atoms with Crippen LogP contribution in [-0.2, 0) is 4.79 Å². The number of urea groups is 1. The van der Waals surface area contributed by atoms with Gasteiger partial charge in [-0.15, -0.1) is 0 Å². The van der Waals surface area contributed by atoms with Crippen molar-refractivity contribution in [2.75, 3.05) is 18.9 Å². The zero-order chi connectivity index (χ0) is 13.1. The van der Waals surface area contributed by atoms with Gasteiger partial charge in [-0.2, -0.15) is 4.99 Å². The molecule has 0 aromatic heterocycles. The molecule has 0 aliphatic carbocycles. The summed E-state index contributed by atoms with van der Waals surface area (Å²) in [5.41, 5.74) is 0.428. The zero-order valence-electron chi connectivity index (χ0n) is 9.61. The van der Waals surface area contributed by atoms with Gasteiger partial charge in [0.25, 0.3) is 0 Å². The molecule has 0 atom stereocenters. The summed E-state index contributed by atoms with van der Waals surface area (Å²) in [6.45, 7) is 0.169. The van der Waals surface area contributed by atoms with Crippen LogP contribution in [0.2, 0.25) is 0 Å². The fraction of sp³-hybridized carbons (Fsp3) is 0.182. The number of nitrogens with zero attached hydrogens (tertiary/aromatic N) is 2. The van der Waals surface area contributed by atoms with E-state index in [1.807, 2.05) is 0 Å². The highest BCUT2D eigenvalue weighted by Gasteiger charge is 2.22. The summed E-state index contributed by atoms with van der Waals surface area (Å²) in [6.07, 6.45) is 0. The standard InChI is InChI=1S/C11H11FN4O2/c1-16-6-9(17)14-10(16)15-11(18)13-8-4-2-7(12)3-5-8/h2-5H,6H2,1H3,(H2,13,14,15,17,18). The van der Waals surface area contributed by atoms with E-state index in [1.54, 1.807) is 7.05 Å². The number of likely N-dealkylation sites (N-methyl/N-ethyl adjacent to an activating group) is 1. The Morgan fingerprint density at radius 3 is 2.67 bits per heavy atom. The number of rotatable bonds is 1. The van der Waals surface area contributed by atoms with Crippen molar-refractivity contribution in [3.8, 4) is 0 Å². The molecule has 1 aromatic carbocycles. The fourth-order valence-electron chi connectivity index (χ4n) is 1.44. The minimum absolute atomic E-state index is 0.169. The Hall–Kier alpha value is -2.44. The van der Waals surface area contributed by atoms with Crippen LogP contribution in [0.4, 0.5) is 14.9 Å². The minimum atomic E-state index is -0.634. The van der Waals surface area contributed by atoms with Crippen LogP contribution in [0.5, 0.6) is 0 Å². The Morgan fingerprint density at radius 1 is 1.44 bits per heavy atom. The third-order valence-electron chi connectivity index (χ3n) is 2.30. The number of nitrogens with one attached hydrogen (secondary N) is 2. The maximum Gasteiger partial charge on any atom is 0.348 e. The van der Waals surface area contributed by atoms with Gasteiger partial charge in [0.2, 0.25) is 11.9 Å². The van der Waals surface area contributed by atoms with Gasteiger partial charge in [-0.3, -0.25) is 10.1 Å². The molecule has 1 aromatic rings. The van der Waals surface area contributed by atoms with Crippen LogP contribution >= 0.6 is 0 Å². The fourth-order valence-corrected chi connectivity index (χ4v) is 1.44. The van der Waals surface area contributed by atoms with Crippen molar-refractivity contribution in [3.63, 3.8) is 0 Å². The number of carbonyl (C=O) groups is 2. The van der Waals surface area contributed by atoms with E-state index < -0.39 is 6.03 Å². The lowest BCUT2D eigenvalue weighted by atomic mass is 10.3. The molecular weight excluding hydrogens is 239 g/mol. The summed E-state index contributed by atoms with van der Waals surface area (Å²) >= 11 is 0. The first-order valence-corrected chi connectivity index (χ1v) is 5.21. The summed E-state index contributed by atoms with van der Waals surface area (Å²) in [4.78, 5) is 27.8. The van der Waals surface area contributed by atoms with E-state index >= 15 is 0 Å². The first-order chi connectivity index (χ1) is 8.54. The molecule has 1 heterocycles. The van der Waals surface area contributed by atoms with Gasteiger partial charge < -0.3 is 10.2 Å². The molecule has 1 saturated heterocycles. The van der Waals surface area contributed by atoms with Crippen LogP contribution in [0.25, 0.3) is 0 Å². The average molecular weight is 250 g/mol. The topological polar surface area (TPSA) is 73.8 Å². The van der Waals surface area contributed by atoms with Gasteiger partial charge in [0.15, 0.2) is 0 Å². The monoisotopic (exact) mass is 250 g/mol. The number of hydrogen-bond donors (Lipinski definition) is 2. The number of benzene rings is 1. The first-order valence-electron chi connectivity index (χ1n) is 5.21. The van der Waals surface area contributed by atoms with E-state index in [0.29, 0.717) is 5.69 Å². The summed E-state index contributed by atoms with van der Waals surface area (Å²) in [6, 6.07) is 4.67. The highest BCUT2D eigenvalue weighted by Crippen LogP contribution is 2.08. The first kappa shape index (κ1) is 12.0. The maximum absolute atomic E-state index is 12.7. The number of halogens is 1. The SMILES string of the molecule is CN1CC(=O)N/C1=N/C(=O)Nc1ccc(F)cc1. The highest BCUT2D eigenvalue weighted by molar-refractivity contribution is 6.09. The summed E-state index contributed by atoms with van der Waals surface area (Å²) in [5, 5.41) is 4.91. The molecule has 94 valence electrons. The van der Waals surface area contributed by atoms with Crippen molar-refractivity contribution in [2.24, 2.45) is 4.99 Å². The van der Waals surface area contributed by atoms with E-state index in [1.165, 1.54) is 29.2 Å². The van der Waals surface area contributed by atoms with E-state index in [9.17, 15) is 14.0 Å². The van der Waals surface area contributed by atoms with Crippen molar-refractivity contribution in [1.82, 2.24) is 10.2 Å². The molecule has 1 fully saturated rings. The van der Waals surface area contributed by atoms with Crippen LogP contribution < -0.4 is 10.6 Å². The lowest BCUT2D eigenvalue weighted by Crippen LogP contribution is -2.29. The molecule has 18 heavy (non-hydrogen) atoms. The van der Waals surface area contributed by atoms with Gasteiger partial charge in [-0.05, 0) is 24.3 Å². The maximum atomic E-state index is 12.7. The molecule has 0 radical (unpaired) electrons. The third kappa shape index (κ3) is 2.82. The molecule has 1 aliphatic heterocycles. The molecular formula is C11H11FN4O2. The van der Waals surface area contributed by atoms with Crippen LogP contribution in [0.1, 0.15) is 0 Å². The van der Waals surface area contributed by atoms with E-state index in [0.717, 1.165) is 0 Å². The van der Waals surface area contributed by atoms with Crippen LogP contribution in [0, 0.1) is 5.82 Å². The van der Waals surface area contributed by atoms with Gasteiger partial charge >= 0.3 is 6.03 Å². The number of aliphatic imine (C=N–C) groups is 1. The molecule has 3 amide bonds. The molecule has 6 nitrogen and oxygen atoms in total. The lowest BCUT2D eigenvalue weighted by molar-refractivity contribution is -0.118. The number of guanidine groups is 1. The van der Waals surface area contributed by atoms with Gasteiger partial charge in [0.1, 0.15) is 5.82 Å². The molecule has 0 bridgehead atoms. The van der Waals surface area contributed by atoms with Gasteiger partial charge in [0.05, 0.1) is 6.54 Å². The molecule has 0 saturated carbocycles. The van der Waals surface area contributed by atoms with Gasteiger partial charge in [-0.25, -0.2) is 9.18 Å². The Morgan fingerprint density at radius 2 is 2.11 bits per heavy atom. The normalized spacial score (nSPS) is 16.9. The van der Waals surface area contributed by atoms with Crippen molar-refractivity contribution < 1.29 is 14.0 Å². The molecule has 0 spiro atoms. The number of anilines is 1. The van der Waals surface area contributed by atoms with E-state index in [-0.39, 0.29) is 24.2 Å². The number of hydrogen-bond acceptors (Lipinski definition) is 2. The molecule has 0 unspecified atom stereocenters. The van der Waals surface area contributed by atoms with E-state index in [4.69, 9.17) is 0 Å². The third-order valence-corrected chi connectivity index (χ3v) is 2.30. The second kappa shape index (κ2) is 4.82. The predicted molar refractivity (Wildman–Crippen MR) is 63.6 cm³/mol. The molecule has 2 rings (SSSR count). The van der Waals surface area contributed by atoms with Crippen LogP contribution in [0.3, 0.4) is 0 Å². The number of carbonyl (C=O) groups excluding carboxylic acids is 2. The lowest BCUT2D eigenvalue weighted by Gasteiger charge is -2.08. The van der Waals surface area contributed by atoms with Gasteiger partial charge in [0, 0.05) is 12.7 Å². The Bertz CT molecular complexity index is 512. The average Bonchev–Trinajstić information content (AvgIpc) is 2.61. The van der Waals surface area contributed by atoms with Crippen molar-refractivity contribution >= 4 is 23.6 Å². The zero-order valence-corrected chi connectivity index (χ0v) is 9.61. The van der Waals surface area contributed by atoms with Crippen molar-refractivity contribution in [3.05, 3.63) is 30.1 Å². The van der Waals surface area contributed by atoms with Crippen LogP contribution in [-0.4, -0.2) is 36.4 Å². The largest absolute Gasteiger partial charge is 0.348 e. The summed E-state index contributed by atoms with van der Waals surface area (Å²) in [7, 11) is 1.64. The van der Waals surface area contributed by atoms with Crippen molar-refractivity contribution in [1.29, 1.82) is 0 Å². The summed E-state index contributed by atoms with van der Waals surface area (Å²) in [5.74, 6) is -0.410. The summed E-state index contributed by atoms with van der Waals surface area (Å²) < 4.78 is 12.7. The highest BCUT2D eigenvalue weighted by atomic mass is 19.1. The predicted octanol–water partition coefficient (Wildman–Crippen LogP) is 0.775. The molecule has 1 aliphatic rings. The Labute approximate surface area is 102 Å². The quantitative estimate of drug-likeness (QED) is 0.773. The second-order valence-electron chi connectivity index (χ2n) is 3.78. The Kier molecular flexibility index (Phi) is 3.22. The van der Waals surface area contributed by atoms with Crippen molar-refractivity contribution in [2.45, 2.75) is 0 Å². The number of amides is 3. The Balaban J connectivity index is 2.02. The minimum Gasteiger partial charge on any atom is -0.336 e. The molecule has 2 N–H and O–H groups in total. The van der Waals surface area contributed by atoms with Gasteiger partial charge in [-0.1, -0.05) is 0 Å². The molecule has 7 heteroatoms.